The Balaban J connectivity index is 1.18. The Hall–Kier alpha value is -7.18. The number of aromatic nitrogens is 4. The topological polar surface area (TPSA) is 77.8 Å². The second-order valence-electron chi connectivity index (χ2n) is 12.6. The van der Waals surface area contributed by atoms with Gasteiger partial charge in [-0.2, -0.15) is 0 Å². The maximum atomic E-state index is 6.45. The van der Waals surface area contributed by atoms with Gasteiger partial charge in [-0.3, -0.25) is 0 Å². The minimum atomic E-state index is 0.492. The van der Waals surface area contributed by atoms with E-state index < -0.39 is 0 Å². The van der Waals surface area contributed by atoms with Gasteiger partial charge in [0.1, 0.15) is 16.7 Å². The Morgan fingerprint density at radius 3 is 1.79 bits per heavy atom. The van der Waals surface area contributed by atoms with Crippen molar-refractivity contribution in [2.75, 3.05) is 0 Å². The molecule has 0 aliphatic carbocycles. The molecule has 3 aromatic heterocycles. The molecule has 0 amide bonds. The van der Waals surface area contributed by atoms with Gasteiger partial charge in [-0.1, -0.05) is 115 Å². The summed E-state index contributed by atoms with van der Waals surface area (Å²) >= 11 is 0. The number of rotatable bonds is 6. The predicted octanol–water partition coefficient (Wildman–Crippen LogP) is 11.9. The maximum Gasteiger partial charge on any atom is 0.227 e. The lowest BCUT2D eigenvalue weighted by Crippen LogP contribution is -2.01. The molecule has 0 unspecified atom stereocenters. The zero-order valence-electron chi connectivity index (χ0n) is 27.8. The molecule has 0 saturated heterocycles. The molecule has 0 fully saturated rings. The van der Waals surface area contributed by atoms with Crippen molar-refractivity contribution in [3.8, 4) is 67.9 Å². The summed E-state index contributed by atoms with van der Waals surface area (Å²) in [5, 5.41) is 2.04. The zero-order valence-corrected chi connectivity index (χ0v) is 27.8. The van der Waals surface area contributed by atoms with Gasteiger partial charge >= 0.3 is 0 Å². The van der Waals surface area contributed by atoms with Gasteiger partial charge in [-0.15, -0.1) is 0 Å². The number of fused-ring (bicyclic) bond motifs is 4. The Morgan fingerprint density at radius 1 is 0.327 bits per heavy atom. The highest BCUT2D eigenvalue weighted by Gasteiger charge is 2.20. The van der Waals surface area contributed by atoms with Crippen LogP contribution < -0.4 is 0 Å². The number of nitrogens with zero attached hydrogens (tertiary/aromatic N) is 4. The van der Waals surface area contributed by atoms with E-state index in [0.717, 1.165) is 72.0 Å². The SMILES string of the molecule is c1ccc(-c2cccc(-c3ccccc3-c3nc(-c4ccc5oc6ccccc6c5c4)nc(-c4cccc5nc(-c6ccccc6)oc45)n3)c2)cc1. The number of furan rings is 1. The Labute approximate surface area is 298 Å². The van der Waals surface area contributed by atoms with Crippen LogP contribution in [0.25, 0.3) is 101 Å². The third-order valence-corrected chi connectivity index (χ3v) is 9.40. The van der Waals surface area contributed by atoms with E-state index in [0.29, 0.717) is 28.9 Å². The summed E-state index contributed by atoms with van der Waals surface area (Å²) in [7, 11) is 0. The van der Waals surface area contributed by atoms with Gasteiger partial charge in [0, 0.05) is 27.5 Å². The summed E-state index contributed by atoms with van der Waals surface area (Å²) in [6, 6.07) is 57.2. The van der Waals surface area contributed by atoms with E-state index in [9.17, 15) is 0 Å². The van der Waals surface area contributed by atoms with Gasteiger partial charge in [0.05, 0.1) is 5.56 Å². The molecule has 244 valence electrons. The normalized spacial score (nSPS) is 11.5. The van der Waals surface area contributed by atoms with E-state index >= 15 is 0 Å². The molecule has 0 aliphatic rings. The fourth-order valence-corrected chi connectivity index (χ4v) is 6.87. The van der Waals surface area contributed by atoms with Crippen molar-refractivity contribution in [2.24, 2.45) is 0 Å². The lowest BCUT2D eigenvalue weighted by molar-refractivity contribution is 0.620. The smallest absolute Gasteiger partial charge is 0.227 e. The van der Waals surface area contributed by atoms with Crippen LogP contribution in [0.15, 0.2) is 179 Å². The lowest BCUT2D eigenvalue weighted by Gasteiger charge is -2.13. The molecule has 52 heavy (non-hydrogen) atoms. The van der Waals surface area contributed by atoms with Crippen LogP contribution in [-0.2, 0) is 0 Å². The van der Waals surface area contributed by atoms with Crippen LogP contribution >= 0.6 is 0 Å². The van der Waals surface area contributed by atoms with Crippen LogP contribution in [0.4, 0.5) is 0 Å². The van der Waals surface area contributed by atoms with Crippen molar-refractivity contribution < 1.29 is 8.83 Å². The van der Waals surface area contributed by atoms with Crippen molar-refractivity contribution in [1.29, 1.82) is 0 Å². The van der Waals surface area contributed by atoms with Gasteiger partial charge < -0.3 is 8.83 Å². The number of oxazole rings is 1. The fraction of sp³-hybridized carbons (Fsp3) is 0. The van der Waals surface area contributed by atoms with Crippen molar-refractivity contribution in [3.63, 3.8) is 0 Å². The van der Waals surface area contributed by atoms with Crippen LogP contribution in [-0.4, -0.2) is 19.9 Å². The molecular weight excluding hydrogens is 641 g/mol. The van der Waals surface area contributed by atoms with Crippen molar-refractivity contribution in [3.05, 3.63) is 170 Å². The highest BCUT2D eigenvalue weighted by Crippen LogP contribution is 2.37. The van der Waals surface area contributed by atoms with Gasteiger partial charge in [0.15, 0.2) is 23.1 Å². The fourth-order valence-electron chi connectivity index (χ4n) is 6.87. The molecule has 10 rings (SSSR count). The van der Waals surface area contributed by atoms with E-state index in [1.54, 1.807) is 0 Å². The summed E-state index contributed by atoms with van der Waals surface area (Å²) < 4.78 is 12.6. The second-order valence-corrected chi connectivity index (χ2v) is 12.6. The highest BCUT2D eigenvalue weighted by molar-refractivity contribution is 6.06. The Bertz CT molecular complexity index is 2910. The third kappa shape index (κ3) is 5.22. The monoisotopic (exact) mass is 668 g/mol. The minimum absolute atomic E-state index is 0.492. The van der Waals surface area contributed by atoms with Crippen molar-refractivity contribution in [1.82, 2.24) is 19.9 Å². The first-order valence-corrected chi connectivity index (χ1v) is 17.1. The van der Waals surface area contributed by atoms with Crippen LogP contribution in [0.3, 0.4) is 0 Å². The average Bonchev–Trinajstić information content (AvgIpc) is 3.83. The molecule has 10 aromatic rings. The van der Waals surface area contributed by atoms with E-state index in [4.69, 9.17) is 28.8 Å². The molecule has 0 aliphatic heterocycles. The third-order valence-electron chi connectivity index (χ3n) is 9.40. The summed E-state index contributed by atoms with van der Waals surface area (Å²) in [5.74, 6) is 2.13. The van der Waals surface area contributed by atoms with Crippen molar-refractivity contribution >= 4 is 33.0 Å². The summed E-state index contributed by atoms with van der Waals surface area (Å²) in [6.07, 6.45) is 0. The van der Waals surface area contributed by atoms with E-state index in [1.807, 2.05) is 91.0 Å². The van der Waals surface area contributed by atoms with E-state index in [1.165, 1.54) is 0 Å². The van der Waals surface area contributed by atoms with Crippen LogP contribution in [0, 0.1) is 0 Å². The van der Waals surface area contributed by atoms with E-state index in [2.05, 4.69) is 78.9 Å². The molecule has 0 bridgehead atoms. The molecule has 0 spiro atoms. The summed E-state index contributed by atoms with van der Waals surface area (Å²) in [5.41, 5.74) is 10.7. The first-order valence-electron chi connectivity index (χ1n) is 17.1. The summed E-state index contributed by atoms with van der Waals surface area (Å²) in [4.78, 5) is 20.3. The molecule has 6 nitrogen and oxygen atoms in total. The molecule has 0 atom stereocenters. The number of benzene rings is 7. The zero-order chi connectivity index (χ0) is 34.4. The average molecular weight is 669 g/mol. The predicted molar refractivity (Wildman–Crippen MR) is 207 cm³/mol. The number of hydrogen-bond acceptors (Lipinski definition) is 6. The molecule has 3 heterocycles. The highest BCUT2D eigenvalue weighted by atomic mass is 16.3. The molecule has 0 radical (unpaired) electrons. The standard InChI is InChI=1S/C46H28N4O2/c1-3-13-29(14-4-1)31-17-11-18-32(27-31)34-19-7-8-21-36(34)44-48-43(33-25-26-41-38(28-33)35-20-9-10-24-40(35)51-41)49-45(50-44)37-22-12-23-39-42(37)52-46(47-39)30-15-5-2-6-16-30/h1-28H. The Kier molecular flexibility index (Phi) is 7.03. The quantitative estimate of drug-likeness (QED) is 0.175. The maximum absolute atomic E-state index is 6.45. The van der Waals surface area contributed by atoms with Gasteiger partial charge in [-0.25, -0.2) is 19.9 Å². The largest absolute Gasteiger partial charge is 0.456 e. The number of para-hydroxylation sites is 2. The number of hydrogen-bond donors (Lipinski definition) is 0. The summed E-state index contributed by atoms with van der Waals surface area (Å²) in [6.45, 7) is 0. The van der Waals surface area contributed by atoms with Gasteiger partial charge in [0.2, 0.25) is 5.89 Å². The second kappa shape index (κ2) is 12.3. The van der Waals surface area contributed by atoms with E-state index in [-0.39, 0.29) is 0 Å². The van der Waals surface area contributed by atoms with Gasteiger partial charge in [-0.05, 0) is 76.9 Å². The van der Waals surface area contributed by atoms with Crippen LogP contribution in [0.2, 0.25) is 0 Å². The molecular formula is C46H28N4O2. The molecule has 0 saturated carbocycles. The first-order chi connectivity index (χ1) is 25.7. The lowest BCUT2D eigenvalue weighted by atomic mass is 9.95. The minimum Gasteiger partial charge on any atom is -0.456 e. The van der Waals surface area contributed by atoms with Crippen LogP contribution in [0.1, 0.15) is 0 Å². The Morgan fingerprint density at radius 2 is 0.942 bits per heavy atom. The first kappa shape index (κ1) is 29.7. The van der Waals surface area contributed by atoms with Gasteiger partial charge in [0.25, 0.3) is 0 Å². The van der Waals surface area contributed by atoms with Crippen LogP contribution in [0.5, 0.6) is 0 Å². The van der Waals surface area contributed by atoms with Crippen molar-refractivity contribution in [2.45, 2.75) is 0 Å². The molecule has 7 aromatic carbocycles. The molecule has 0 N–H and O–H groups in total. The molecule has 6 heteroatoms.